The Bertz CT molecular complexity index is 1470. The van der Waals surface area contributed by atoms with Gasteiger partial charge in [-0.25, -0.2) is 0 Å². The minimum atomic E-state index is -0.444. The van der Waals surface area contributed by atoms with Gasteiger partial charge < -0.3 is 24.5 Å². The van der Waals surface area contributed by atoms with Crippen LogP contribution in [0.4, 0.5) is 11.4 Å². The summed E-state index contributed by atoms with van der Waals surface area (Å²) < 4.78 is 10.9. The molecule has 2 N–H and O–H groups in total. The molecule has 2 aliphatic rings. The number of H-pyrrole nitrogens is 1. The van der Waals surface area contributed by atoms with Gasteiger partial charge in [0.15, 0.2) is 23.9 Å². The number of aliphatic hydroxyl groups excluding tert-OH is 1. The molecule has 33 heavy (non-hydrogen) atoms. The number of hydrogen-bond donors (Lipinski definition) is 2. The van der Waals surface area contributed by atoms with Crippen LogP contribution in [-0.4, -0.2) is 29.8 Å². The van der Waals surface area contributed by atoms with Gasteiger partial charge in [-0.05, 0) is 61.0 Å². The van der Waals surface area contributed by atoms with Crippen molar-refractivity contribution in [1.29, 1.82) is 0 Å². The number of allylic oxidation sites excluding steroid dienone is 1. The van der Waals surface area contributed by atoms with Gasteiger partial charge in [0.1, 0.15) is 5.75 Å². The SMILES string of the molecule is Cc1c2c([nH]c(=O)/c1=C\C=C1Oc3ccccc3N1C)=NN(c1ccc(OCO)cc1)C2=O. The third kappa shape index (κ3) is 3.44. The number of amides is 1. The summed E-state index contributed by atoms with van der Waals surface area (Å²) in [6.45, 7) is 1.28. The number of pyridine rings is 1. The van der Waals surface area contributed by atoms with Crippen LogP contribution in [0.2, 0.25) is 0 Å². The highest BCUT2D eigenvalue weighted by Gasteiger charge is 2.28. The first-order valence-corrected chi connectivity index (χ1v) is 10.2. The second-order valence-electron chi connectivity index (χ2n) is 7.50. The second kappa shape index (κ2) is 7.95. The predicted molar refractivity (Wildman–Crippen MR) is 122 cm³/mol. The quantitative estimate of drug-likeness (QED) is 0.589. The van der Waals surface area contributed by atoms with Gasteiger partial charge in [-0.2, -0.15) is 5.01 Å². The van der Waals surface area contributed by atoms with Gasteiger partial charge in [0.05, 0.1) is 16.9 Å². The summed E-state index contributed by atoms with van der Waals surface area (Å²) in [5.74, 6) is 1.41. The van der Waals surface area contributed by atoms with E-state index < -0.39 is 6.79 Å². The molecule has 0 fully saturated rings. The number of hydrogen-bond acceptors (Lipinski definition) is 7. The van der Waals surface area contributed by atoms with Gasteiger partial charge in [0.25, 0.3) is 11.5 Å². The Kier molecular flexibility index (Phi) is 4.95. The number of benzene rings is 2. The maximum Gasteiger partial charge on any atom is 0.282 e. The molecule has 2 aliphatic heterocycles. The Morgan fingerprint density at radius 2 is 1.88 bits per heavy atom. The molecule has 0 saturated carbocycles. The zero-order chi connectivity index (χ0) is 23.1. The molecule has 0 saturated heterocycles. The Hall–Kier alpha value is -4.37. The van der Waals surface area contributed by atoms with Crippen molar-refractivity contribution in [2.45, 2.75) is 6.92 Å². The lowest BCUT2D eigenvalue weighted by molar-refractivity contribution is 0.0978. The van der Waals surface area contributed by atoms with E-state index in [0.717, 1.165) is 11.4 Å². The summed E-state index contributed by atoms with van der Waals surface area (Å²) in [4.78, 5) is 30.5. The second-order valence-corrected chi connectivity index (χ2v) is 7.50. The molecule has 2 aromatic carbocycles. The maximum atomic E-state index is 13.1. The number of nitrogens with one attached hydrogen (secondary N) is 1. The van der Waals surface area contributed by atoms with E-state index in [2.05, 4.69) is 10.1 Å². The fraction of sp³-hybridized carbons (Fsp3) is 0.125. The maximum absolute atomic E-state index is 13.1. The van der Waals surface area contributed by atoms with Gasteiger partial charge in [-0.3, -0.25) is 9.59 Å². The summed E-state index contributed by atoms with van der Waals surface area (Å²) in [7, 11) is 1.88. The van der Waals surface area contributed by atoms with Gasteiger partial charge in [0, 0.05) is 12.3 Å². The summed E-state index contributed by atoms with van der Waals surface area (Å²) in [5, 5.41) is 14.7. The van der Waals surface area contributed by atoms with E-state index in [4.69, 9.17) is 14.6 Å². The van der Waals surface area contributed by atoms with Gasteiger partial charge in [0.2, 0.25) is 0 Å². The molecule has 166 valence electrons. The number of aromatic amines is 1. The van der Waals surface area contributed by atoms with E-state index in [9.17, 15) is 9.59 Å². The third-order valence-corrected chi connectivity index (χ3v) is 5.58. The lowest BCUT2D eigenvalue weighted by atomic mass is 10.1. The average Bonchev–Trinajstić information content (AvgIpc) is 3.31. The molecule has 0 radical (unpaired) electrons. The van der Waals surface area contributed by atoms with Crippen LogP contribution < -0.4 is 35.6 Å². The summed E-state index contributed by atoms with van der Waals surface area (Å²) in [6.07, 6.45) is 3.35. The van der Waals surface area contributed by atoms with E-state index in [1.54, 1.807) is 43.3 Å². The zero-order valence-electron chi connectivity index (χ0n) is 17.9. The molecular formula is C24H20N4O5. The summed E-state index contributed by atoms with van der Waals surface area (Å²) in [6, 6.07) is 14.2. The molecule has 3 heterocycles. The Balaban J connectivity index is 1.50. The minimum absolute atomic E-state index is 0.213. The minimum Gasteiger partial charge on any atom is -0.468 e. The lowest BCUT2D eigenvalue weighted by Crippen LogP contribution is -2.38. The van der Waals surface area contributed by atoms with Crippen molar-refractivity contribution in [3.63, 3.8) is 0 Å². The fourth-order valence-corrected chi connectivity index (χ4v) is 3.86. The Morgan fingerprint density at radius 3 is 2.61 bits per heavy atom. The normalized spacial score (nSPS) is 16.0. The van der Waals surface area contributed by atoms with E-state index in [1.165, 1.54) is 5.01 Å². The summed E-state index contributed by atoms with van der Waals surface area (Å²) >= 11 is 0. The molecule has 3 aromatic rings. The van der Waals surface area contributed by atoms with Crippen molar-refractivity contribution in [1.82, 2.24) is 4.98 Å². The topological polar surface area (TPSA) is 107 Å². The average molecular weight is 444 g/mol. The van der Waals surface area contributed by atoms with Crippen molar-refractivity contribution in [3.8, 4) is 11.5 Å². The largest absolute Gasteiger partial charge is 0.468 e. The smallest absolute Gasteiger partial charge is 0.282 e. The number of ether oxygens (including phenoxy) is 2. The van der Waals surface area contributed by atoms with Crippen LogP contribution >= 0.6 is 0 Å². The van der Waals surface area contributed by atoms with Gasteiger partial charge >= 0.3 is 0 Å². The zero-order valence-corrected chi connectivity index (χ0v) is 17.9. The molecule has 5 rings (SSSR count). The Labute approximate surface area is 188 Å². The predicted octanol–water partition coefficient (Wildman–Crippen LogP) is 1.36. The van der Waals surface area contributed by atoms with Crippen LogP contribution in [0.1, 0.15) is 15.9 Å². The molecule has 0 aliphatic carbocycles. The highest BCUT2D eigenvalue weighted by Crippen LogP contribution is 2.37. The van der Waals surface area contributed by atoms with Crippen molar-refractivity contribution >= 4 is 23.4 Å². The van der Waals surface area contributed by atoms with Crippen LogP contribution in [0.5, 0.6) is 11.5 Å². The molecule has 0 atom stereocenters. The first kappa shape index (κ1) is 20.5. The monoisotopic (exact) mass is 444 g/mol. The molecule has 0 spiro atoms. The number of aromatic nitrogens is 1. The molecule has 1 amide bonds. The molecular weight excluding hydrogens is 424 g/mol. The van der Waals surface area contributed by atoms with E-state index in [1.807, 2.05) is 36.2 Å². The van der Waals surface area contributed by atoms with E-state index in [-0.39, 0.29) is 17.0 Å². The highest BCUT2D eigenvalue weighted by molar-refractivity contribution is 6.07. The van der Waals surface area contributed by atoms with Crippen molar-refractivity contribution < 1.29 is 19.4 Å². The highest BCUT2D eigenvalue weighted by atomic mass is 16.6. The van der Waals surface area contributed by atoms with E-state index in [0.29, 0.717) is 33.7 Å². The number of nitrogens with zero attached hydrogens (tertiary/aromatic N) is 3. The molecule has 0 bridgehead atoms. The first-order valence-electron chi connectivity index (χ1n) is 10.2. The first-order chi connectivity index (χ1) is 16.0. The number of aliphatic hydroxyl groups is 1. The third-order valence-electron chi connectivity index (χ3n) is 5.58. The van der Waals surface area contributed by atoms with E-state index >= 15 is 0 Å². The van der Waals surface area contributed by atoms with Crippen LogP contribution in [-0.2, 0) is 0 Å². The number of carbonyl (C=O) groups excluding carboxylic acids is 1. The van der Waals surface area contributed by atoms with Crippen molar-refractivity contribution in [3.05, 3.63) is 92.7 Å². The lowest BCUT2D eigenvalue weighted by Gasteiger charge is -2.12. The Morgan fingerprint density at radius 1 is 1.12 bits per heavy atom. The molecule has 0 unspecified atom stereocenters. The fourth-order valence-electron chi connectivity index (χ4n) is 3.86. The van der Waals surface area contributed by atoms with Crippen LogP contribution in [0.25, 0.3) is 6.08 Å². The molecule has 9 heteroatoms. The summed E-state index contributed by atoms with van der Waals surface area (Å²) in [5.41, 5.74) is 2.15. The van der Waals surface area contributed by atoms with Gasteiger partial charge in [-0.1, -0.05) is 12.1 Å². The number of anilines is 2. The number of carbonyl (C=O) groups is 1. The number of para-hydroxylation sites is 2. The van der Waals surface area contributed by atoms with Crippen molar-refractivity contribution in [2.75, 3.05) is 23.7 Å². The van der Waals surface area contributed by atoms with Crippen LogP contribution in [0, 0.1) is 6.92 Å². The number of fused-ring (bicyclic) bond motifs is 2. The molecule has 1 aromatic heterocycles. The van der Waals surface area contributed by atoms with Gasteiger partial charge in [-0.15, -0.1) is 5.10 Å². The van der Waals surface area contributed by atoms with Crippen molar-refractivity contribution in [2.24, 2.45) is 5.10 Å². The van der Waals surface area contributed by atoms with Crippen LogP contribution in [0.3, 0.4) is 0 Å². The molecule has 9 nitrogen and oxygen atoms in total. The standard InChI is InChI=1S/C24H20N4O5/c1-14-17(11-12-20-27(2)18-5-3-4-6-19(18)33-20)23(30)25-22-21(14)24(31)28(26-22)15-7-9-16(10-8-15)32-13-29/h3-12,29H,13H2,1-2H3,(H,25,26,30)/b17-11-,20-12?. The van der Waals surface area contributed by atoms with Crippen LogP contribution in [0.15, 0.2) is 70.4 Å². The number of rotatable bonds is 4.